The lowest BCUT2D eigenvalue weighted by Gasteiger charge is -1.84. The molecular formula is C5H5N3O2. The van der Waals surface area contributed by atoms with Gasteiger partial charge in [0.05, 0.1) is 12.2 Å². The van der Waals surface area contributed by atoms with E-state index in [4.69, 9.17) is 0 Å². The van der Waals surface area contributed by atoms with E-state index in [-0.39, 0.29) is 11.6 Å². The summed E-state index contributed by atoms with van der Waals surface area (Å²) in [6.45, 7) is 0.424. The quantitative estimate of drug-likeness (QED) is 0.428. The minimum atomic E-state index is -0.320. The molecule has 2 rings (SSSR count). The van der Waals surface area contributed by atoms with Gasteiger partial charge in [-0.3, -0.25) is 4.79 Å². The Balaban J connectivity index is 2.69. The predicted octanol–water partition coefficient (Wildman–Crippen LogP) is -1.05. The van der Waals surface area contributed by atoms with E-state index in [1.54, 1.807) is 0 Å². The van der Waals surface area contributed by atoms with Gasteiger partial charge in [-0.05, 0) is 0 Å². The summed E-state index contributed by atoms with van der Waals surface area (Å²) in [5.41, 5.74) is 0.694. The number of carbonyl (C=O) groups is 1. The number of hydrogen-bond acceptors (Lipinski definition) is 2. The Morgan fingerprint density at radius 2 is 2.00 bits per heavy atom. The van der Waals surface area contributed by atoms with Crippen molar-refractivity contribution in [2.45, 2.75) is 6.54 Å². The van der Waals surface area contributed by atoms with Crippen molar-refractivity contribution < 1.29 is 4.79 Å². The molecule has 0 saturated carbocycles. The van der Waals surface area contributed by atoms with Crippen LogP contribution >= 0.6 is 0 Å². The zero-order valence-corrected chi connectivity index (χ0v) is 5.02. The van der Waals surface area contributed by atoms with Gasteiger partial charge in [0.2, 0.25) is 0 Å². The van der Waals surface area contributed by atoms with E-state index in [0.29, 0.717) is 17.9 Å². The Labute approximate surface area is 55.5 Å². The second-order valence-corrected chi connectivity index (χ2v) is 2.12. The van der Waals surface area contributed by atoms with Crippen LogP contribution in [0.5, 0.6) is 0 Å². The van der Waals surface area contributed by atoms with Crippen molar-refractivity contribution in [3.63, 3.8) is 0 Å². The summed E-state index contributed by atoms with van der Waals surface area (Å²) < 4.78 is 0. The van der Waals surface area contributed by atoms with Crippen molar-refractivity contribution in [3.05, 3.63) is 21.9 Å². The standard InChI is InChI=1S/C5H5N3O2/c9-4-3-2(1-6-4)7-5(10)8-3/h1H2,(H,6,9)(H2,7,8,10). The van der Waals surface area contributed by atoms with E-state index in [9.17, 15) is 9.59 Å². The molecule has 52 valence electrons. The van der Waals surface area contributed by atoms with Crippen LogP contribution in [0.2, 0.25) is 0 Å². The number of nitrogens with one attached hydrogen (secondary N) is 3. The van der Waals surface area contributed by atoms with Gasteiger partial charge in [0.15, 0.2) is 0 Å². The summed E-state index contributed by atoms with van der Waals surface area (Å²) in [5, 5.41) is 2.55. The molecule has 10 heavy (non-hydrogen) atoms. The zero-order chi connectivity index (χ0) is 7.14. The zero-order valence-electron chi connectivity index (χ0n) is 5.02. The van der Waals surface area contributed by atoms with Gasteiger partial charge in [-0.1, -0.05) is 0 Å². The molecule has 0 spiro atoms. The fourth-order valence-corrected chi connectivity index (χ4v) is 1.00. The van der Waals surface area contributed by atoms with E-state index in [0.717, 1.165) is 0 Å². The number of rotatable bonds is 0. The molecule has 5 heteroatoms. The Morgan fingerprint density at radius 1 is 1.20 bits per heavy atom. The molecule has 3 N–H and O–H groups in total. The monoisotopic (exact) mass is 139 g/mol. The number of fused-ring (bicyclic) bond motifs is 1. The van der Waals surface area contributed by atoms with E-state index < -0.39 is 0 Å². The molecule has 0 saturated heterocycles. The highest BCUT2D eigenvalue weighted by atomic mass is 16.2. The minimum absolute atomic E-state index is 0.214. The molecule has 1 amide bonds. The summed E-state index contributed by atoms with van der Waals surface area (Å²) in [7, 11) is 0. The number of aromatic nitrogens is 2. The third-order valence-electron chi connectivity index (χ3n) is 1.46. The van der Waals surface area contributed by atoms with Crippen LogP contribution in [-0.4, -0.2) is 15.9 Å². The van der Waals surface area contributed by atoms with Crippen molar-refractivity contribution in [1.82, 2.24) is 15.3 Å². The maximum absolute atomic E-state index is 10.8. The average molecular weight is 139 g/mol. The van der Waals surface area contributed by atoms with Crippen molar-refractivity contribution >= 4 is 5.91 Å². The third kappa shape index (κ3) is 0.513. The molecule has 1 aliphatic heterocycles. The van der Waals surface area contributed by atoms with Crippen LogP contribution in [0.4, 0.5) is 0 Å². The molecule has 0 unspecified atom stereocenters. The van der Waals surface area contributed by atoms with Crippen LogP contribution in [0, 0.1) is 0 Å². The predicted molar refractivity (Wildman–Crippen MR) is 32.6 cm³/mol. The van der Waals surface area contributed by atoms with E-state index in [1.165, 1.54) is 0 Å². The van der Waals surface area contributed by atoms with Crippen molar-refractivity contribution in [2.24, 2.45) is 0 Å². The van der Waals surface area contributed by atoms with E-state index >= 15 is 0 Å². The molecule has 0 fully saturated rings. The van der Waals surface area contributed by atoms with Gasteiger partial charge in [0, 0.05) is 0 Å². The Bertz CT molecular complexity index is 335. The van der Waals surface area contributed by atoms with Gasteiger partial charge >= 0.3 is 5.69 Å². The first-order valence-corrected chi connectivity index (χ1v) is 2.87. The van der Waals surface area contributed by atoms with Crippen molar-refractivity contribution in [1.29, 1.82) is 0 Å². The summed E-state index contributed by atoms with van der Waals surface area (Å²) in [5.74, 6) is -0.214. The van der Waals surface area contributed by atoms with Crippen LogP contribution in [0.1, 0.15) is 16.2 Å². The van der Waals surface area contributed by atoms with Crippen LogP contribution in [0.3, 0.4) is 0 Å². The number of imidazole rings is 1. The smallest absolute Gasteiger partial charge is 0.323 e. The molecular weight excluding hydrogens is 134 g/mol. The molecule has 1 aliphatic rings. The average Bonchev–Trinajstić information content (AvgIpc) is 2.35. The lowest BCUT2D eigenvalue weighted by molar-refractivity contribution is 0.0961. The molecule has 0 aromatic carbocycles. The summed E-state index contributed by atoms with van der Waals surface area (Å²) in [6, 6.07) is 0. The van der Waals surface area contributed by atoms with Gasteiger partial charge < -0.3 is 15.3 Å². The Morgan fingerprint density at radius 3 is 2.70 bits per heavy atom. The lowest BCUT2D eigenvalue weighted by atomic mass is 10.4. The third-order valence-corrected chi connectivity index (χ3v) is 1.46. The van der Waals surface area contributed by atoms with Crippen molar-refractivity contribution in [2.75, 3.05) is 0 Å². The van der Waals surface area contributed by atoms with Gasteiger partial charge in [0.1, 0.15) is 5.69 Å². The molecule has 1 aromatic heterocycles. The number of carbonyl (C=O) groups excluding carboxylic acids is 1. The van der Waals surface area contributed by atoms with Gasteiger partial charge in [0.25, 0.3) is 5.91 Å². The van der Waals surface area contributed by atoms with Gasteiger partial charge in [-0.25, -0.2) is 4.79 Å². The maximum Gasteiger partial charge on any atom is 0.323 e. The molecule has 2 heterocycles. The lowest BCUT2D eigenvalue weighted by Crippen LogP contribution is -2.17. The summed E-state index contributed by atoms with van der Waals surface area (Å²) in [6.07, 6.45) is 0. The van der Waals surface area contributed by atoms with Crippen LogP contribution in [-0.2, 0) is 6.54 Å². The van der Waals surface area contributed by atoms with Crippen molar-refractivity contribution in [3.8, 4) is 0 Å². The molecule has 5 nitrogen and oxygen atoms in total. The molecule has 0 bridgehead atoms. The van der Waals surface area contributed by atoms with Crippen LogP contribution < -0.4 is 11.0 Å². The maximum atomic E-state index is 10.8. The molecule has 0 atom stereocenters. The highest BCUT2D eigenvalue weighted by molar-refractivity contribution is 5.95. The van der Waals surface area contributed by atoms with Crippen LogP contribution in [0.25, 0.3) is 0 Å². The summed E-state index contributed by atoms with van der Waals surface area (Å²) in [4.78, 5) is 26.2. The first kappa shape index (κ1) is 5.28. The van der Waals surface area contributed by atoms with E-state index in [1.807, 2.05) is 0 Å². The number of aromatic amines is 2. The normalized spacial score (nSPS) is 15.0. The Hall–Kier alpha value is -1.52. The Kier molecular flexibility index (Phi) is 0.791. The largest absolute Gasteiger partial charge is 0.345 e. The second kappa shape index (κ2) is 1.50. The first-order valence-electron chi connectivity index (χ1n) is 2.87. The molecule has 0 aliphatic carbocycles. The van der Waals surface area contributed by atoms with Gasteiger partial charge in [-0.2, -0.15) is 0 Å². The van der Waals surface area contributed by atoms with E-state index in [2.05, 4.69) is 15.3 Å². The fraction of sp³-hybridized carbons (Fsp3) is 0.200. The highest BCUT2D eigenvalue weighted by Gasteiger charge is 2.21. The molecule has 0 radical (unpaired) electrons. The minimum Gasteiger partial charge on any atom is -0.345 e. The molecule has 1 aromatic rings. The fourth-order valence-electron chi connectivity index (χ4n) is 1.00. The number of amides is 1. The number of H-pyrrole nitrogens is 2. The SMILES string of the molecule is O=C1NCc2[nH]c(=O)[nH]c21. The van der Waals surface area contributed by atoms with Gasteiger partial charge in [-0.15, -0.1) is 0 Å². The first-order chi connectivity index (χ1) is 4.77. The number of hydrogen-bond donors (Lipinski definition) is 3. The van der Waals surface area contributed by atoms with Crippen LogP contribution in [0.15, 0.2) is 4.79 Å². The topological polar surface area (TPSA) is 77.8 Å². The summed E-state index contributed by atoms with van der Waals surface area (Å²) >= 11 is 0. The highest BCUT2D eigenvalue weighted by Crippen LogP contribution is 2.05. The second-order valence-electron chi connectivity index (χ2n) is 2.12.